The van der Waals surface area contributed by atoms with Crippen LogP contribution in [-0.4, -0.2) is 5.78 Å². The van der Waals surface area contributed by atoms with Gasteiger partial charge in [-0.3, -0.25) is 4.79 Å². The molecule has 44 valence electrons. The summed E-state index contributed by atoms with van der Waals surface area (Å²) >= 11 is 0. The number of carbonyl (C=O) groups is 1. The molecule has 1 aliphatic carbocycles. The number of carbonyl (C=O) groups excluding carboxylic acids is 1. The van der Waals surface area contributed by atoms with Gasteiger partial charge in [0, 0.05) is 6.42 Å². The van der Waals surface area contributed by atoms with Gasteiger partial charge in [0.15, 0.2) is 5.78 Å². The standard InChI is InChI=1S/C7H10O/c1-2-6-4-3-5-7(6)8/h2H,3-5H2,1H3/b6-2+. The summed E-state index contributed by atoms with van der Waals surface area (Å²) in [5.41, 5.74) is 1.03. The van der Waals surface area contributed by atoms with Crippen LogP contribution in [0.2, 0.25) is 0 Å². The Kier molecular flexibility index (Phi) is 1.47. The van der Waals surface area contributed by atoms with Crippen molar-refractivity contribution in [2.24, 2.45) is 0 Å². The minimum Gasteiger partial charge on any atom is -0.295 e. The van der Waals surface area contributed by atoms with Gasteiger partial charge in [0.25, 0.3) is 0 Å². The number of allylic oxidation sites excluding steroid dienone is 2. The van der Waals surface area contributed by atoms with Crippen molar-refractivity contribution in [2.75, 3.05) is 0 Å². The zero-order chi connectivity index (χ0) is 5.98. The Labute approximate surface area is 49.4 Å². The van der Waals surface area contributed by atoms with Crippen molar-refractivity contribution in [1.82, 2.24) is 0 Å². The SMILES string of the molecule is C/C=C1\CCCC1=O. The largest absolute Gasteiger partial charge is 0.295 e. The fraction of sp³-hybridized carbons (Fsp3) is 0.571. The fourth-order valence-electron chi connectivity index (χ4n) is 1.04. The van der Waals surface area contributed by atoms with Crippen LogP contribution in [0.3, 0.4) is 0 Å². The first-order valence-electron chi connectivity index (χ1n) is 3.03. The first-order valence-corrected chi connectivity index (χ1v) is 3.03. The van der Waals surface area contributed by atoms with Gasteiger partial charge in [0.2, 0.25) is 0 Å². The van der Waals surface area contributed by atoms with Gasteiger partial charge in [-0.1, -0.05) is 6.08 Å². The number of ketones is 1. The van der Waals surface area contributed by atoms with Crippen LogP contribution in [-0.2, 0) is 4.79 Å². The molecule has 0 spiro atoms. The molecule has 0 saturated heterocycles. The number of Topliss-reactive ketones (excluding diaryl/α,β-unsaturated/α-hetero) is 1. The van der Waals surface area contributed by atoms with Crippen molar-refractivity contribution in [1.29, 1.82) is 0 Å². The quantitative estimate of drug-likeness (QED) is 0.433. The number of hydrogen-bond acceptors (Lipinski definition) is 1. The topological polar surface area (TPSA) is 17.1 Å². The lowest BCUT2D eigenvalue weighted by atomic mass is 10.2. The number of hydrogen-bond donors (Lipinski definition) is 0. The predicted octanol–water partition coefficient (Wildman–Crippen LogP) is 1.69. The summed E-state index contributed by atoms with van der Waals surface area (Å²) < 4.78 is 0. The van der Waals surface area contributed by atoms with Crippen molar-refractivity contribution in [3.05, 3.63) is 11.6 Å². The molecule has 1 heteroatoms. The van der Waals surface area contributed by atoms with E-state index in [0.717, 1.165) is 24.8 Å². The van der Waals surface area contributed by atoms with Crippen LogP contribution in [0, 0.1) is 0 Å². The van der Waals surface area contributed by atoms with Crippen LogP contribution in [0.25, 0.3) is 0 Å². The van der Waals surface area contributed by atoms with Crippen molar-refractivity contribution in [3.63, 3.8) is 0 Å². The second kappa shape index (κ2) is 2.12. The maximum absolute atomic E-state index is 10.7. The van der Waals surface area contributed by atoms with Crippen LogP contribution in [0.1, 0.15) is 26.2 Å². The molecule has 1 nitrogen and oxygen atoms in total. The van der Waals surface area contributed by atoms with E-state index < -0.39 is 0 Å². The van der Waals surface area contributed by atoms with E-state index in [0.29, 0.717) is 5.78 Å². The Morgan fingerprint density at radius 1 is 1.50 bits per heavy atom. The van der Waals surface area contributed by atoms with E-state index in [4.69, 9.17) is 0 Å². The Bertz CT molecular complexity index is 133. The molecule has 0 aromatic carbocycles. The zero-order valence-electron chi connectivity index (χ0n) is 5.11. The normalized spacial score (nSPS) is 25.1. The summed E-state index contributed by atoms with van der Waals surface area (Å²) in [6.45, 7) is 1.93. The van der Waals surface area contributed by atoms with Gasteiger partial charge in [-0.25, -0.2) is 0 Å². The second-order valence-corrected chi connectivity index (χ2v) is 2.09. The van der Waals surface area contributed by atoms with Crippen molar-refractivity contribution < 1.29 is 4.79 Å². The van der Waals surface area contributed by atoms with Crippen molar-refractivity contribution >= 4 is 5.78 Å². The Morgan fingerprint density at radius 2 is 2.25 bits per heavy atom. The van der Waals surface area contributed by atoms with Crippen LogP contribution in [0.5, 0.6) is 0 Å². The highest BCUT2D eigenvalue weighted by Crippen LogP contribution is 2.19. The molecule has 1 rings (SSSR count). The molecule has 0 N–H and O–H groups in total. The maximum atomic E-state index is 10.7. The van der Waals surface area contributed by atoms with E-state index >= 15 is 0 Å². The molecule has 0 atom stereocenters. The summed E-state index contributed by atoms with van der Waals surface area (Å²) in [6, 6.07) is 0. The third-order valence-electron chi connectivity index (χ3n) is 1.56. The first-order chi connectivity index (χ1) is 3.84. The van der Waals surface area contributed by atoms with Crippen molar-refractivity contribution in [3.8, 4) is 0 Å². The molecule has 0 radical (unpaired) electrons. The Hall–Kier alpha value is -0.590. The molecule has 0 aliphatic heterocycles. The third-order valence-corrected chi connectivity index (χ3v) is 1.56. The molecule has 1 saturated carbocycles. The smallest absolute Gasteiger partial charge is 0.158 e. The van der Waals surface area contributed by atoms with E-state index in [1.165, 1.54) is 0 Å². The third kappa shape index (κ3) is 0.808. The maximum Gasteiger partial charge on any atom is 0.158 e. The zero-order valence-corrected chi connectivity index (χ0v) is 5.11. The molecule has 0 unspecified atom stereocenters. The molecule has 8 heavy (non-hydrogen) atoms. The van der Waals surface area contributed by atoms with Gasteiger partial charge in [-0.05, 0) is 25.3 Å². The lowest BCUT2D eigenvalue weighted by Gasteiger charge is -1.85. The lowest BCUT2D eigenvalue weighted by molar-refractivity contribution is -0.114. The summed E-state index contributed by atoms with van der Waals surface area (Å²) in [5, 5.41) is 0. The molecule has 0 aromatic heterocycles. The van der Waals surface area contributed by atoms with Gasteiger partial charge < -0.3 is 0 Å². The van der Waals surface area contributed by atoms with Crippen LogP contribution in [0.4, 0.5) is 0 Å². The summed E-state index contributed by atoms with van der Waals surface area (Å²) in [7, 11) is 0. The summed E-state index contributed by atoms with van der Waals surface area (Å²) in [5.74, 6) is 0.354. The predicted molar refractivity (Wildman–Crippen MR) is 32.6 cm³/mol. The van der Waals surface area contributed by atoms with E-state index in [9.17, 15) is 4.79 Å². The fourth-order valence-corrected chi connectivity index (χ4v) is 1.04. The van der Waals surface area contributed by atoms with E-state index in [1.807, 2.05) is 13.0 Å². The van der Waals surface area contributed by atoms with Gasteiger partial charge >= 0.3 is 0 Å². The molecule has 0 aromatic rings. The van der Waals surface area contributed by atoms with Crippen LogP contribution < -0.4 is 0 Å². The van der Waals surface area contributed by atoms with Gasteiger partial charge in [-0.2, -0.15) is 0 Å². The average molecular weight is 110 g/mol. The minimum atomic E-state index is 0.354. The minimum absolute atomic E-state index is 0.354. The van der Waals surface area contributed by atoms with Gasteiger partial charge in [0.1, 0.15) is 0 Å². The monoisotopic (exact) mass is 110 g/mol. The number of rotatable bonds is 0. The highest BCUT2D eigenvalue weighted by atomic mass is 16.1. The second-order valence-electron chi connectivity index (χ2n) is 2.09. The first kappa shape index (κ1) is 5.54. The molecular formula is C7H10O. The van der Waals surface area contributed by atoms with Gasteiger partial charge in [-0.15, -0.1) is 0 Å². The molecule has 0 amide bonds. The molecule has 0 bridgehead atoms. The summed E-state index contributed by atoms with van der Waals surface area (Å²) in [4.78, 5) is 10.7. The molecular weight excluding hydrogens is 100 g/mol. The van der Waals surface area contributed by atoms with Crippen molar-refractivity contribution in [2.45, 2.75) is 26.2 Å². The van der Waals surface area contributed by atoms with Crippen LogP contribution in [0.15, 0.2) is 11.6 Å². The Balaban J connectivity index is 2.69. The van der Waals surface area contributed by atoms with Crippen LogP contribution >= 0.6 is 0 Å². The molecule has 1 fully saturated rings. The Morgan fingerprint density at radius 3 is 2.50 bits per heavy atom. The molecule has 1 aliphatic rings. The highest BCUT2D eigenvalue weighted by molar-refractivity contribution is 5.97. The van der Waals surface area contributed by atoms with Gasteiger partial charge in [0.05, 0.1) is 0 Å². The van der Waals surface area contributed by atoms with E-state index in [1.54, 1.807) is 0 Å². The summed E-state index contributed by atoms with van der Waals surface area (Å²) in [6.07, 6.45) is 4.78. The van der Waals surface area contributed by atoms with E-state index in [2.05, 4.69) is 0 Å². The van der Waals surface area contributed by atoms with E-state index in [-0.39, 0.29) is 0 Å². The lowest BCUT2D eigenvalue weighted by Crippen LogP contribution is -1.88. The highest BCUT2D eigenvalue weighted by Gasteiger charge is 2.14. The average Bonchev–Trinajstić information content (AvgIpc) is 2.14. The molecule has 0 heterocycles.